The molecule has 0 bridgehead atoms. The Kier molecular flexibility index (Phi) is 10.7. The van der Waals surface area contributed by atoms with E-state index in [-0.39, 0.29) is 23.9 Å². The standard InChI is InChI=1S/C35H36Cl2N8O3/c1-47-34-29(16-39-15-22-11-12-31(46)43-22)41-17-27(44-34)25-7-3-5-23(32(25)36)24-6-4-8-26(33(24)37)28-18-42-30(35(45-28)48-2)19-40-21-10-9-20(13-21)14-38/h3-8,17-18,20-22,39-40H,9-13,15-16,19H2,1-2H3,(H,43,46)/t20-,21+,22+/m1/s1. The smallest absolute Gasteiger partial charge is 0.237 e. The maximum absolute atomic E-state index is 11.5. The minimum absolute atomic E-state index is 0.0819. The van der Waals surface area contributed by atoms with E-state index in [0.717, 1.165) is 36.8 Å². The summed E-state index contributed by atoms with van der Waals surface area (Å²) in [7, 11) is 3.12. The molecule has 2 aromatic heterocycles. The minimum atomic E-state index is 0.0819. The Labute approximate surface area is 289 Å². The maximum atomic E-state index is 11.5. The highest BCUT2D eigenvalue weighted by atomic mass is 35.5. The Morgan fingerprint density at radius 3 is 1.98 bits per heavy atom. The van der Waals surface area contributed by atoms with Gasteiger partial charge in [0.2, 0.25) is 17.7 Å². The van der Waals surface area contributed by atoms with Gasteiger partial charge in [-0.05, 0) is 25.7 Å². The molecule has 2 fully saturated rings. The quantitative estimate of drug-likeness (QED) is 0.169. The molecule has 1 aliphatic carbocycles. The number of nitrogens with one attached hydrogen (secondary N) is 3. The number of nitriles is 1. The average Bonchev–Trinajstić information content (AvgIpc) is 3.76. The van der Waals surface area contributed by atoms with E-state index in [1.807, 2.05) is 36.4 Å². The van der Waals surface area contributed by atoms with Crippen LogP contribution in [-0.4, -0.2) is 58.7 Å². The van der Waals surface area contributed by atoms with Crippen LogP contribution in [0, 0.1) is 17.2 Å². The molecule has 2 aliphatic rings. The van der Waals surface area contributed by atoms with Crippen molar-refractivity contribution in [3.05, 3.63) is 70.2 Å². The summed E-state index contributed by atoms with van der Waals surface area (Å²) in [5.41, 5.74) is 5.26. The number of halogens is 2. The number of benzene rings is 2. The van der Waals surface area contributed by atoms with Crippen LogP contribution in [0.2, 0.25) is 10.0 Å². The van der Waals surface area contributed by atoms with Gasteiger partial charge in [-0.2, -0.15) is 5.26 Å². The highest BCUT2D eigenvalue weighted by Crippen LogP contribution is 2.42. The van der Waals surface area contributed by atoms with Crippen LogP contribution in [0.15, 0.2) is 48.8 Å². The van der Waals surface area contributed by atoms with Gasteiger partial charge in [0, 0.05) is 66.3 Å². The zero-order valence-electron chi connectivity index (χ0n) is 26.7. The number of rotatable bonds is 12. The topological polar surface area (TPSA) is 147 Å². The van der Waals surface area contributed by atoms with Gasteiger partial charge in [0.1, 0.15) is 11.4 Å². The van der Waals surface area contributed by atoms with Gasteiger partial charge in [0.25, 0.3) is 0 Å². The summed E-state index contributed by atoms with van der Waals surface area (Å²) in [6.07, 6.45) is 7.44. The number of aromatic nitrogens is 4. The molecule has 4 aromatic rings. The molecule has 1 saturated heterocycles. The molecule has 0 spiro atoms. The SMILES string of the molecule is COc1nc(-c2cccc(-c3cccc(-c4cnc(CN[C@H]5CC[C@@H](C#N)C5)c(OC)n4)c3Cl)c2Cl)cnc1CNC[C@@H]1CCC(=O)N1. The first-order chi connectivity index (χ1) is 23.4. The van der Waals surface area contributed by atoms with Gasteiger partial charge in [-0.3, -0.25) is 14.8 Å². The predicted molar refractivity (Wildman–Crippen MR) is 184 cm³/mol. The lowest BCUT2D eigenvalue weighted by Gasteiger charge is -2.16. The van der Waals surface area contributed by atoms with Gasteiger partial charge in [-0.15, -0.1) is 0 Å². The number of carbonyl (C=O) groups is 1. The van der Waals surface area contributed by atoms with E-state index < -0.39 is 0 Å². The molecule has 1 amide bonds. The van der Waals surface area contributed by atoms with Crippen molar-refractivity contribution in [3.8, 4) is 51.5 Å². The van der Waals surface area contributed by atoms with Crippen LogP contribution in [0.25, 0.3) is 33.6 Å². The molecule has 48 heavy (non-hydrogen) atoms. The second-order valence-electron chi connectivity index (χ2n) is 11.9. The average molecular weight is 688 g/mol. The van der Waals surface area contributed by atoms with E-state index >= 15 is 0 Å². The van der Waals surface area contributed by atoms with Gasteiger partial charge < -0.3 is 25.4 Å². The van der Waals surface area contributed by atoms with E-state index in [1.165, 1.54) is 0 Å². The number of nitrogens with zero attached hydrogens (tertiary/aromatic N) is 5. The number of amides is 1. The number of hydrogen-bond donors (Lipinski definition) is 3. The van der Waals surface area contributed by atoms with Crippen molar-refractivity contribution >= 4 is 29.1 Å². The van der Waals surface area contributed by atoms with Gasteiger partial charge >= 0.3 is 0 Å². The van der Waals surface area contributed by atoms with Crippen LogP contribution in [0.5, 0.6) is 11.8 Å². The molecule has 1 aliphatic heterocycles. The lowest BCUT2D eigenvalue weighted by molar-refractivity contribution is -0.119. The van der Waals surface area contributed by atoms with Crippen molar-refractivity contribution in [1.82, 2.24) is 35.9 Å². The molecule has 13 heteroatoms. The molecule has 0 radical (unpaired) electrons. The second kappa shape index (κ2) is 15.3. The van der Waals surface area contributed by atoms with E-state index in [0.29, 0.717) is 81.8 Å². The zero-order chi connectivity index (χ0) is 33.6. The largest absolute Gasteiger partial charge is 0.480 e. The number of hydrogen-bond acceptors (Lipinski definition) is 10. The predicted octanol–water partition coefficient (Wildman–Crippen LogP) is 5.74. The first-order valence-electron chi connectivity index (χ1n) is 15.9. The summed E-state index contributed by atoms with van der Waals surface area (Å²) in [6.45, 7) is 1.56. The summed E-state index contributed by atoms with van der Waals surface area (Å²) in [5, 5.41) is 19.9. The van der Waals surface area contributed by atoms with Crippen molar-refractivity contribution in [2.24, 2.45) is 5.92 Å². The summed E-state index contributed by atoms with van der Waals surface area (Å²) < 4.78 is 11.2. The van der Waals surface area contributed by atoms with Crippen LogP contribution in [0.1, 0.15) is 43.5 Å². The fraction of sp³-hybridized carbons (Fsp3) is 0.371. The third-order valence-corrected chi connectivity index (χ3v) is 9.61. The molecule has 3 N–H and O–H groups in total. The van der Waals surface area contributed by atoms with Crippen LogP contribution in [0.3, 0.4) is 0 Å². The van der Waals surface area contributed by atoms with Crippen molar-refractivity contribution in [2.75, 3.05) is 20.8 Å². The molecule has 3 heterocycles. The van der Waals surface area contributed by atoms with Gasteiger partial charge in [0.05, 0.1) is 54.1 Å². The van der Waals surface area contributed by atoms with Crippen LogP contribution in [-0.2, 0) is 17.9 Å². The Morgan fingerprint density at radius 2 is 1.46 bits per heavy atom. The van der Waals surface area contributed by atoms with Gasteiger partial charge in [-0.25, -0.2) is 9.97 Å². The lowest BCUT2D eigenvalue weighted by Crippen LogP contribution is -2.35. The Balaban J connectivity index is 1.21. The molecule has 1 saturated carbocycles. The number of methoxy groups -OCH3 is 2. The van der Waals surface area contributed by atoms with Gasteiger partial charge in [-0.1, -0.05) is 59.6 Å². The Morgan fingerprint density at radius 1 is 0.875 bits per heavy atom. The molecule has 248 valence electrons. The van der Waals surface area contributed by atoms with Crippen molar-refractivity contribution in [2.45, 2.75) is 57.3 Å². The third kappa shape index (κ3) is 7.37. The molecule has 3 atom stereocenters. The fourth-order valence-corrected chi connectivity index (χ4v) is 6.87. The van der Waals surface area contributed by atoms with Crippen LogP contribution >= 0.6 is 23.2 Å². The second-order valence-corrected chi connectivity index (χ2v) is 12.7. The van der Waals surface area contributed by atoms with Gasteiger partial charge in [0.15, 0.2) is 0 Å². The summed E-state index contributed by atoms with van der Waals surface area (Å²) >= 11 is 14.1. The molecular weight excluding hydrogens is 651 g/mol. The molecule has 6 rings (SSSR count). The monoisotopic (exact) mass is 686 g/mol. The maximum Gasteiger partial charge on any atom is 0.237 e. The third-order valence-electron chi connectivity index (χ3n) is 8.79. The van der Waals surface area contributed by atoms with E-state index in [9.17, 15) is 10.1 Å². The van der Waals surface area contributed by atoms with Crippen molar-refractivity contribution in [1.29, 1.82) is 5.26 Å². The molecule has 11 nitrogen and oxygen atoms in total. The summed E-state index contributed by atoms with van der Waals surface area (Å²) in [6, 6.07) is 14.1. The van der Waals surface area contributed by atoms with Crippen LogP contribution in [0.4, 0.5) is 0 Å². The Bertz CT molecular complexity index is 1850. The first kappa shape index (κ1) is 33.6. The normalized spacial score (nSPS) is 18.8. The van der Waals surface area contributed by atoms with Crippen molar-refractivity contribution < 1.29 is 14.3 Å². The molecular formula is C35H36Cl2N8O3. The molecule has 0 unspecified atom stereocenters. The summed E-state index contributed by atoms with van der Waals surface area (Å²) in [4.78, 5) is 30.2. The minimum Gasteiger partial charge on any atom is -0.480 e. The fourth-order valence-electron chi connectivity index (χ4n) is 6.22. The van der Waals surface area contributed by atoms with E-state index in [4.69, 9.17) is 42.6 Å². The number of ether oxygens (including phenoxy) is 2. The van der Waals surface area contributed by atoms with E-state index in [2.05, 4.69) is 32.0 Å². The highest BCUT2D eigenvalue weighted by molar-refractivity contribution is 6.39. The highest BCUT2D eigenvalue weighted by Gasteiger charge is 2.25. The Hall–Kier alpha value is -4.34. The van der Waals surface area contributed by atoms with E-state index in [1.54, 1.807) is 26.6 Å². The lowest BCUT2D eigenvalue weighted by atomic mass is 9.98. The first-order valence-corrected chi connectivity index (χ1v) is 16.6. The molecule has 2 aromatic carbocycles. The van der Waals surface area contributed by atoms with Crippen molar-refractivity contribution in [3.63, 3.8) is 0 Å². The van der Waals surface area contributed by atoms with Crippen LogP contribution < -0.4 is 25.4 Å². The zero-order valence-corrected chi connectivity index (χ0v) is 28.2. The summed E-state index contributed by atoms with van der Waals surface area (Å²) in [5.74, 6) is 0.980. The number of carbonyl (C=O) groups excluding carboxylic acids is 1.